The number of nitrogens with zero attached hydrogens (tertiary/aromatic N) is 5. The van der Waals surface area contributed by atoms with Crippen molar-refractivity contribution in [2.45, 2.75) is 19.4 Å². The van der Waals surface area contributed by atoms with Crippen molar-refractivity contribution < 1.29 is 13.9 Å². The number of carbonyl (C=O) groups is 1. The maximum absolute atomic E-state index is 11.0. The quantitative estimate of drug-likeness (QED) is 0.144. The Balaban J connectivity index is 1.87. The van der Waals surface area contributed by atoms with Crippen molar-refractivity contribution in [2.24, 2.45) is 11.0 Å². The number of hydrogen-bond acceptors (Lipinski definition) is 7. The van der Waals surface area contributed by atoms with E-state index in [1.54, 1.807) is 24.3 Å². The van der Waals surface area contributed by atoms with Gasteiger partial charge in [-0.25, -0.2) is 5.84 Å². The molecule has 0 saturated carbocycles. The summed E-state index contributed by atoms with van der Waals surface area (Å²) in [5.41, 5.74) is 11.0. The molecule has 0 saturated heterocycles. The van der Waals surface area contributed by atoms with Crippen LogP contribution >= 0.6 is 0 Å². The molecule has 0 aliphatic carbocycles. The number of rotatable bonds is 8. The van der Waals surface area contributed by atoms with E-state index >= 15 is 0 Å². The van der Waals surface area contributed by atoms with E-state index in [1.165, 1.54) is 0 Å². The largest absolute Gasteiger partial charge is 0.494 e. The van der Waals surface area contributed by atoms with Crippen molar-refractivity contribution in [3.05, 3.63) is 40.6 Å². The molecule has 0 radical (unpaired) electrons. The van der Waals surface area contributed by atoms with E-state index in [1.807, 2.05) is 0 Å². The summed E-state index contributed by atoms with van der Waals surface area (Å²) in [6, 6.07) is 7.06. The number of azide groups is 1. The molecule has 1 amide bonds. The first-order valence-electron chi connectivity index (χ1n) is 6.79. The SMILES string of the molecule is [N-]=[N+]=NCc1nnc(-c2ccc(OCCCC(=O)NN)cc2)o1. The van der Waals surface area contributed by atoms with Gasteiger partial charge in [-0.2, -0.15) is 0 Å². The predicted octanol–water partition coefficient (Wildman–Crippen LogP) is 1.70. The van der Waals surface area contributed by atoms with Gasteiger partial charge in [-0.3, -0.25) is 10.2 Å². The minimum absolute atomic E-state index is 0.0150. The van der Waals surface area contributed by atoms with Gasteiger partial charge >= 0.3 is 0 Å². The lowest BCUT2D eigenvalue weighted by molar-refractivity contribution is -0.121. The molecule has 120 valence electrons. The van der Waals surface area contributed by atoms with Crippen LogP contribution in [0.3, 0.4) is 0 Å². The van der Waals surface area contributed by atoms with Crippen LogP contribution in [0, 0.1) is 0 Å². The number of ether oxygens (including phenoxy) is 1. The lowest BCUT2D eigenvalue weighted by atomic mass is 10.2. The van der Waals surface area contributed by atoms with Gasteiger partial charge in [0, 0.05) is 16.9 Å². The van der Waals surface area contributed by atoms with Gasteiger partial charge in [-0.15, -0.1) is 10.2 Å². The van der Waals surface area contributed by atoms with E-state index in [-0.39, 0.29) is 18.3 Å². The average Bonchev–Trinajstić information content (AvgIpc) is 3.06. The highest BCUT2D eigenvalue weighted by molar-refractivity contribution is 5.75. The van der Waals surface area contributed by atoms with Crippen molar-refractivity contribution in [3.63, 3.8) is 0 Å². The molecule has 0 unspecified atom stereocenters. The van der Waals surface area contributed by atoms with E-state index < -0.39 is 0 Å². The molecule has 2 rings (SSSR count). The first kappa shape index (κ1) is 16.3. The van der Waals surface area contributed by atoms with E-state index in [0.717, 1.165) is 5.56 Å². The normalized spacial score (nSPS) is 9.96. The number of amides is 1. The molecule has 0 bridgehead atoms. The number of hydrogen-bond donors (Lipinski definition) is 2. The van der Waals surface area contributed by atoms with Gasteiger partial charge in [0.15, 0.2) is 0 Å². The summed E-state index contributed by atoms with van der Waals surface area (Å²) in [5, 5.41) is 11.0. The van der Waals surface area contributed by atoms with Crippen LogP contribution in [0.4, 0.5) is 0 Å². The van der Waals surface area contributed by atoms with E-state index in [9.17, 15) is 4.79 Å². The van der Waals surface area contributed by atoms with Gasteiger partial charge < -0.3 is 9.15 Å². The molecule has 0 spiro atoms. The number of nitrogens with one attached hydrogen (secondary N) is 1. The lowest BCUT2D eigenvalue weighted by Gasteiger charge is -2.06. The number of benzene rings is 1. The molecule has 10 heteroatoms. The van der Waals surface area contributed by atoms with E-state index in [0.29, 0.717) is 31.1 Å². The maximum atomic E-state index is 11.0. The van der Waals surface area contributed by atoms with Crippen molar-refractivity contribution >= 4 is 5.91 Å². The molecular formula is C13H15N7O3. The van der Waals surface area contributed by atoms with Crippen molar-refractivity contribution in [1.82, 2.24) is 15.6 Å². The highest BCUT2D eigenvalue weighted by atomic mass is 16.5. The number of nitrogens with two attached hydrogens (primary N) is 1. The van der Waals surface area contributed by atoms with Gasteiger partial charge in [-0.1, -0.05) is 5.11 Å². The molecule has 23 heavy (non-hydrogen) atoms. The summed E-state index contributed by atoms with van der Waals surface area (Å²) < 4.78 is 10.9. The molecule has 3 N–H and O–H groups in total. The summed E-state index contributed by atoms with van der Waals surface area (Å²) in [5.74, 6) is 6.00. The standard InChI is InChI=1S/C13H15N7O3/c14-17-11(21)2-1-7-22-10-5-3-9(4-6-10)13-19-18-12(23-13)8-16-20-15/h3-6H,1-2,7-8,14H2,(H,17,21). The smallest absolute Gasteiger partial charge is 0.247 e. The lowest BCUT2D eigenvalue weighted by Crippen LogP contribution is -2.29. The third-order valence-electron chi connectivity index (χ3n) is 2.82. The van der Waals surface area contributed by atoms with Gasteiger partial charge in [-0.05, 0) is 36.2 Å². The molecule has 0 aliphatic rings. The second kappa shape index (κ2) is 8.37. The maximum Gasteiger partial charge on any atom is 0.247 e. The van der Waals surface area contributed by atoms with Crippen LogP contribution in [0.2, 0.25) is 0 Å². The molecule has 0 atom stereocenters. The Labute approximate surface area is 131 Å². The van der Waals surface area contributed by atoms with Gasteiger partial charge in [0.25, 0.3) is 0 Å². The Kier molecular flexibility index (Phi) is 5.92. The number of carbonyl (C=O) groups excluding carboxylic acids is 1. The second-order valence-electron chi connectivity index (χ2n) is 4.43. The number of aromatic nitrogens is 2. The first-order valence-corrected chi connectivity index (χ1v) is 6.79. The molecule has 1 aromatic carbocycles. The van der Waals surface area contributed by atoms with Crippen molar-refractivity contribution in [2.75, 3.05) is 6.61 Å². The van der Waals surface area contributed by atoms with Crippen LogP contribution in [-0.2, 0) is 11.3 Å². The Bertz CT molecular complexity index is 692. The van der Waals surface area contributed by atoms with Crippen LogP contribution in [0.25, 0.3) is 21.9 Å². The zero-order valence-electron chi connectivity index (χ0n) is 12.2. The predicted molar refractivity (Wildman–Crippen MR) is 79.6 cm³/mol. The summed E-state index contributed by atoms with van der Waals surface area (Å²) >= 11 is 0. The highest BCUT2D eigenvalue weighted by Gasteiger charge is 2.08. The Morgan fingerprint density at radius 1 is 1.39 bits per heavy atom. The van der Waals surface area contributed by atoms with Crippen molar-refractivity contribution in [1.29, 1.82) is 0 Å². The minimum atomic E-state index is -0.225. The molecular weight excluding hydrogens is 302 g/mol. The highest BCUT2D eigenvalue weighted by Crippen LogP contribution is 2.21. The van der Waals surface area contributed by atoms with Crippen LogP contribution in [0.5, 0.6) is 5.75 Å². The molecule has 0 aliphatic heterocycles. The number of hydrazine groups is 1. The summed E-state index contributed by atoms with van der Waals surface area (Å²) in [6.07, 6.45) is 0.877. The van der Waals surface area contributed by atoms with Gasteiger partial charge in [0.2, 0.25) is 17.7 Å². The Hall–Kier alpha value is -3.10. The summed E-state index contributed by atoms with van der Waals surface area (Å²) in [4.78, 5) is 13.6. The fourth-order valence-corrected chi connectivity index (χ4v) is 1.71. The summed E-state index contributed by atoms with van der Waals surface area (Å²) in [7, 11) is 0. The molecule has 1 heterocycles. The van der Waals surface area contributed by atoms with E-state index in [2.05, 4.69) is 25.6 Å². The van der Waals surface area contributed by atoms with Crippen LogP contribution in [-0.4, -0.2) is 22.7 Å². The van der Waals surface area contributed by atoms with Crippen LogP contribution < -0.4 is 16.0 Å². The average molecular weight is 317 g/mol. The van der Waals surface area contributed by atoms with Crippen LogP contribution in [0.15, 0.2) is 33.8 Å². The van der Waals surface area contributed by atoms with Gasteiger partial charge in [0.1, 0.15) is 12.3 Å². The molecule has 0 fully saturated rings. The van der Waals surface area contributed by atoms with Crippen LogP contribution in [0.1, 0.15) is 18.7 Å². The first-order chi connectivity index (χ1) is 11.2. The Morgan fingerprint density at radius 3 is 2.87 bits per heavy atom. The second-order valence-corrected chi connectivity index (χ2v) is 4.43. The minimum Gasteiger partial charge on any atom is -0.494 e. The zero-order chi connectivity index (χ0) is 16.5. The Morgan fingerprint density at radius 2 is 2.17 bits per heavy atom. The molecule has 2 aromatic rings. The third-order valence-corrected chi connectivity index (χ3v) is 2.82. The monoisotopic (exact) mass is 317 g/mol. The van der Waals surface area contributed by atoms with Crippen molar-refractivity contribution in [3.8, 4) is 17.2 Å². The van der Waals surface area contributed by atoms with E-state index in [4.69, 9.17) is 20.5 Å². The summed E-state index contributed by atoms with van der Waals surface area (Å²) in [6.45, 7) is 0.421. The third kappa shape index (κ3) is 4.99. The zero-order valence-corrected chi connectivity index (χ0v) is 12.2. The fraction of sp³-hybridized carbons (Fsp3) is 0.308. The van der Waals surface area contributed by atoms with Gasteiger partial charge in [0.05, 0.1) is 6.61 Å². The molecule has 1 aromatic heterocycles. The molecule has 10 nitrogen and oxygen atoms in total. The fourth-order valence-electron chi connectivity index (χ4n) is 1.71. The topological polar surface area (TPSA) is 152 Å².